The monoisotopic (exact) mass is 397 g/mol. The van der Waals surface area contributed by atoms with Crippen LogP contribution in [0.4, 0.5) is 38.5 Å². The Kier molecular flexibility index (Phi) is 4.48. The maximum atomic E-state index is 14.6. The van der Waals surface area contributed by atoms with E-state index in [9.17, 15) is 9.50 Å². The summed E-state index contributed by atoms with van der Waals surface area (Å²) in [6.07, 6.45) is 0. The lowest BCUT2D eigenvalue weighted by molar-refractivity contribution is 0.475. The Morgan fingerprint density at radius 3 is 2.10 bits per heavy atom. The number of benzene rings is 4. The Bertz CT molecular complexity index is 1140. The van der Waals surface area contributed by atoms with E-state index in [-0.39, 0.29) is 11.6 Å². The molecule has 0 radical (unpaired) electrons. The van der Waals surface area contributed by atoms with Crippen LogP contribution in [0.1, 0.15) is 0 Å². The highest BCUT2D eigenvalue weighted by molar-refractivity contribution is 5.86. The number of para-hydroxylation sites is 3. The molecule has 4 nitrogen and oxygen atoms in total. The molecule has 5 rings (SSSR count). The molecule has 0 saturated heterocycles. The van der Waals surface area contributed by atoms with E-state index in [4.69, 9.17) is 0 Å². The normalized spacial score (nSPS) is 12.4. The lowest BCUT2D eigenvalue weighted by Crippen LogP contribution is -2.18. The van der Waals surface area contributed by atoms with E-state index in [0.717, 1.165) is 17.1 Å². The van der Waals surface area contributed by atoms with Crippen LogP contribution >= 0.6 is 0 Å². The van der Waals surface area contributed by atoms with E-state index < -0.39 is 0 Å². The lowest BCUT2D eigenvalue weighted by atomic mass is 10.1. The summed E-state index contributed by atoms with van der Waals surface area (Å²) in [5.41, 5.74) is 4.54. The first-order valence-corrected chi connectivity index (χ1v) is 9.75. The summed E-state index contributed by atoms with van der Waals surface area (Å²) in [6.45, 7) is 0.379. The number of fused-ring (bicyclic) bond motifs is 1. The molecule has 1 heterocycles. The van der Waals surface area contributed by atoms with E-state index in [2.05, 4.69) is 10.2 Å². The number of nitrogens with zero attached hydrogens (tertiary/aromatic N) is 2. The van der Waals surface area contributed by atoms with Crippen LogP contribution in [0, 0.1) is 5.82 Å². The molecule has 0 atom stereocenters. The number of nitrogens with one attached hydrogen (secondary N) is 1. The summed E-state index contributed by atoms with van der Waals surface area (Å²) in [5.74, 6) is -0.233. The smallest absolute Gasteiger partial charge is 0.149 e. The molecule has 0 aliphatic carbocycles. The van der Waals surface area contributed by atoms with Gasteiger partial charge < -0.3 is 20.2 Å². The molecule has 0 aromatic heterocycles. The van der Waals surface area contributed by atoms with Gasteiger partial charge in [-0.15, -0.1) is 0 Å². The van der Waals surface area contributed by atoms with Gasteiger partial charge in [0.25, 0.3) is 0 Å². The summed E-state index contributed by atoms with van der Waals surface area (Å²) in [7, 11) is 0. The summed E-state index contributed by atoms with van der Waals surface area (Å²) in [6, 6.07) is 30.4. The molecule has 5 heteroatoms. The Morgan fingerprint density at radius 1 is 0.767 bits per heavy atom. The first-order valence-electron chi connectivity index (χ1n) is 9.75. The molecule has 4 aromatic rings. The van der Waals surface area contributed by atoms with Gasteiger partial charge >= 0.3 is 0 Å². The fourth-order valence-electron chi connectivity index (χ4n) is 3.85. The molecule has 0 fully saturated rings. The van der Waals surface area contributed by atoms with Crippen molar-refractivity contribution in [3.8, 4) is 5.75 Å². The Balaban J connectivity index is 1.64. The number of phenols is 1. The molecule has 0 spiro atoms. The maximum Gasteiger partial charge on any atom is 0.149 e. The zero-order chi connectivity index (χ0) is 20.5. The second kappa shape index (κ2) is 7.44. The zero-order valence-corrected chi connectivity index (χ0v) is 16.2. The van der Waals surface area contributed by atoms with Crippen LogP contribution in [0.25, 0.3) is 0 Å². The molecule has 4 aromatic carbocycles. The number of hydrogen-bond donors (Lipinski definition) is 2. The van der Waals surface area contributed by atoms with Crippen molar-refractivity contribution in [1.29, 1.82) is 0 Å². The Labute approximate surface area is 174 Å². The zero-order valence-electron chi connectivity index (χ0n) is 16.2. The van der Waals surface area contributed by atoms with E-state index >= 15 is 0 Å². The molecule has 1 aliphatic rings. The van der Waals surface area contributed by atoms with Gasteiger partial charge in [-0.2, -0.15) is 0 Å². The van der Waals surface area contributed by atoms with Crippen LogP contribution in [0.2, 0.25) is 0 Å². The molecule has 0 unspecified atom stereocenters. The lowest BCUT2D eigenvalue weighted by Gasteiger charge is -2.27. The average molecular weight is 397 g/mol. The van der Waals surface area contributed by atoms with Crippen molar-refractivity contribution in [3.05, 3.63) is 103 Å². The SMILES string of the molecule is Oc1ccc(N(c2ccccc2)c2ccccc2)cc1N1CNc2cccc(F)c21. The van der Waals surface area contributed by atoms with Crippen LogP contribution in [-0.4, -0.2) is 11.8 Å². The average Bonchev–Trinajstić information content (AvgIpc) is 3.22. The largest absolute Gasteiger partial charge is 0.506 e. The van der Waals surface area contributed by atoms with Gasteiger partial charge in [0.1, 0.15) is 17.3 Å². The van der Waals surface area contributed by atoms with Gasteiger partial charge in [-0.1, -0.05) is 42.5 Å². The minimum absolute atomic E-state index is 0.0951. The number of hydrogen-bond acceptors (Lipinski definition) is 4. The summed E-state index contributed by atoms with van der Waals surface area (Å²) in [5, 5.41) is 13.8. The molecule has 30 heavy (non-hydrogen) atoms. The molecule has 0 amide bonds. The van der Waals surface area contributed by atoms with Crippen molar-refractivity contribution in [2.75, 3.05) is 21.8 Å². The van der Waals surface area contributed by atoms with Crippen LogP contribution < -0.4 is 15.1 Å². The minimum Gasteiger partial charge on any atom is -0.506 e. The number of rotatable bonds is 4. The van der Waals surface area contributed by atoms with Gasteiger partial charge in [-0.05, 0) is 54.6 Å². The number of anilines is 6. The summed E-state index contributed by atoms with van der Waals surface area (Å²) < 4.78 is 14.6. The fraction of sp³-hybridized carbons (Fsp3) is 0.0400. The first-order chi connectivity index (χ1) is 14.7. The van der Waals surface area contributed by atoms with Gasteiger partial charge in [-0.3, -0.25) is 0 Å². The summed E-state index contributed by atoms with van der Waals surface area (Å²) >= 11 is 0. The van der Waals surface area contributed by atoms with Gasteiger partial charge in [0.15, 0.2) is 0 Å². The van der Waals surface area contributed by atoms with Crippen molar-refractivity contribution in [3.63, 3.8) is 0 Å². The van der Waals surface area contributed by atoms with E-state index in [1.807, 2.05) is 78.9 Å². The maximum absolute atomic E-state index is 14.6. The number of halogens is 1. The highest BCUT2D eigenvalue weighted by Gasteiger charge is 2.26. The minimum atomic E-state index is -0.328. The van der Waals surface area contributed by atoms with Gasteiger partial charge in [0.2, 0.25) is 0 Å². The predicted molar refractivity (Wildman–Crippen MR) is 120 cm³/mol. The molecule has 1 aliphatic heterocycles. The predicted octanol–water partition coefficient (Wildman–Crippen LogP) is 6.52. The molecule has 0 bridgehead atoms. The van der Waals surface area contributed by atoms with E-state index in [1.165, 1.54) is 6.07 Å². The van der Waals surface area contributed by atoms with Crippen LogP contribution in [0.15, 0.2) is 97.1 Å². The van der Waals surface area contributed by atoms with E-state index in [1.54, 1.807) is 17.0 Å². The fourth-order valence-corrected chi connectivity index (χ4v) is 3.85. The van der Waals surface area contributed by atoms with Crippen LogP contribution in [-0.2, 0) is 0 Å². The number of phenolic OH excluding ortho intramolecular Hbond substituents is 1. The van der Waals surface area contributed by atoms with Crippen molar-refractivity contribution in [2.45, 2.75) is 0 Å². The highest BCUT2D eigenvalue weighted by atomic mass is 19.1. The molecule has 148 valence electrons. The second-order valence-electron chi connectivity index (χ2n) is 7.08. The van der Waals surface area contributed by atoms with Crippen LogP contribution in [0.5, 0.6) is 5.75 Å². The quantitative estimate of drug-likeness (QED) is 0.411. The highest BCUT2D eigenvalue weighted by Crippen LogP contribution is 2.45. The van der Waals surface area contributed by atoms with Crippen molar-refractivity contribution >= 4 is 34.1 Å². The molecular weight excluding hydrogens is 377 g/mol. The van der Waals surface area contributed by atoms with Gasteiger partial charge in [-0.25, -0.2) is 4.39 Å². The third-order valence-corrected chi connectivity index (χ3v) is 5.22. The third-order valence-electron chi connectivity index (χ3n) is 5.22. The van der Waals surface area contributed by atoms with Crippen molar-refractivity contribution < 1.29 is 9.50 Å². The Morgan fingerprint density at radius 2 is 1.43 bits per heavy atom. The number of aromatic hydroxyl groups is 1. The standard InChI is InChI=1S/C25H20FN3O/c26-21-12-7-13-22-25(21)28(17-27-22)23-16-20(14-15-24(23)30)29(18-8-3-1-4-9-18)19-10-5-2-6-11-19/h1-16,27,30H,17H2. The van der Waals surface area contributed by atoms with Crippen molar-refractivity contribution in [2.24, 2.45) is 0 Å². The second-order valence-corrected chi connectivity index (χ2v) is 7.08. The topological polar surface area (TPSA) is 38.7 Å². The van der Waals surface area contributed by atoms with Gasteiger partial charge in [0.05, 0.1) is 18.0 Å². The van der Waals surface area contributed by atoms with Crippen LogP contribution in [0.3, 0.4) is 0 Å². The van der Waals surface area contributed by atoms with Crippen molar-refractivity contribution in [1.82, 2.24) is 0 Å². The Hall–Kier alpha value is -3.99. The molecular formula is C25H20FN3O. The van der Waals surface area contributed by atoms with E-state index in [0.29, 0.717) is 23.7 Å². The molecule has 2 N–H and O–H groups in total. The molecule has 0 saturated carbocycles. The third kappa shape index (κ3) is 3.10. The summed E-state index contributed by atoms with van der Waals surface area (Å²) in [4.78, 5) is 3.87. The van der Waals surface area contributed by atoms with Gasteiger partial charge in [0, 0.05) is 17.1 Å². The first kappa shape index (κ1) is 18.1.